The van der Waals surface area contributed by atoms with Crippen LogP contribution < -0.4 is 10.6 Å². The van der Waals surface area contributed by atoms with Gasteiger partial charge in [-0.25, -0.2) is 0 Å². The van der Waals surface area contributed by atoms with Crippen molar-refractivity contribution in [1.29, 1.82) is 0 Å². The van der Waals surface area contributed by atoms with Gasteiger partial charge in [0.05, 0.1) is 13.1 Å². The van der Waals surface area contributed by atoms with Crippen LogP contribution in [0.5, 0.6) is 0 Å². The van der Waals surface area contributed by atoms with Gasteiger partial charge >= 0.3 is 0 Å². The second-order valence-corrected chi connectivity index (χ2v) is 8.86. The molecule has 3 aromatic rings. The van der Waals surface area contributed by atoms with Gasteiger partial charge in [0, 0.05) is 16.2 Å². The lowest BCUT2D eigenvalue weighted by atomic mass is 10.2. The molecule has 0 aromatic heterocycles. The molecule has 0 saturated heterocycles. The molecule has 0 bridgehead atoms. The third-order valence-corrected chi connectivity index (χ3v) is 8.05. The number of benzene rings is 3. The first-order valence-electron chi connectivity index (χ1n) is 9.10. The summed E-state index contributed by atoms with van der Waals surface area (Å²) in [6.07, 6.45) is 0. The Morgan fingerprint density at radius 2 is 1.00 bits per heavy atom. The van der Waals surface area contributed by atoms with Gasteiger partial charge in [-0.15, -0.1) is 0 Å². The molecule has 0 N–H and O–H groups in total. The van der Waals surface area contributed by atoms with Crippen LogP contribution in [-0.2, 0) is 6.54 Å². The molecule has 0 saturated carbocycles. The van der Waals surface area contributed by atoms with E-state index in [-0.39, 0.29) is 0 Å². The minimum absolute atomic E-state index is 0.485. The second kappa shape index (κ2) is 8.43. The van der Waals surface area contributed by atoms with E-state index >= 15 is 0 Å². The molecule has 0 spiro atoms. The highest BCUT2D eigenvalue weighted by Crippen LogP contribution is 2.47. The van der Waals surface area contributed by atoms with Gasteiger partial charge in [0.2, 0.25) is 0 Å². The molecule has 0 unspecified atom stereocenters. The van der Waals surface area contributed by atoms with E-state index in [2.05, 4.69) is 105 Å². The van der Waals surface area contributed by atoms with Crippen molar-refractivity contribution in [2.75, 3.05) is 13.1 Å². The number of quaternary nitrogens is 1. The van der Waals surface area contributed by atoms with Gasteiger partial charge < -0.3 is 0 Å². The van der Waals surface area contributed by atoms with Crippen LogP contribution in [0.3, 0.4) is 0 Å². The summed E-state index contributed by atoms with van der Waals surface area (Å²) in [5.74, 6) is 0. The second-order valence-electron chi connectivity index (χ2n) is 6.35. The molecular weight excluding hydrogens is 321 g/mol. The molecule has 0 atom stereocenters. The van der Waals surface area contributed by atoms with Crippen molar-refractivity contribution in [1.82, 2.24) is 0 Å². The highest BCUT2D eigenvalue weighted by Gasteiger charge is 2.38. The number of hydrogen-bond acceptors (Lipinski definition) is 0. The SMILES string of the molecule is CC[N+](CC)(Cc1ccccc1)P(c1ccccc1)c1ccccc1. The summed E-state index contributed by atoms with van der Waals surface area (Å²) in [4.78, 5) is 0. The van der Waals surface area contributed by atoms with Crippen LogP contribution >= 0.6 is 8.07 Å². The molecule has 0 aliphatic rings. The lowest BCUT2D eigenvalue weighted by Crippen LogP contribution is -2.47. The third-order valence-electron chi connectivity index (χ3n) is 4.92. The van der Waals surface area contributed by atoms with Gasteiger partial charge in [-0.3, -0.25) is 4.25 Å². The fourth-order valence-electron chi connectivity index (χ4n) is 3.50. The van der Waals surface area contributed by atoms with Crippen molar-refractivity contribution in [2.24, 2.45) is 0 Å². The van der Waals surface area contributed by atoms with Crippen molar-refractivity contribution >= 4 is 18.7 Å². The summed E-state index contributed by atoms with van der Waals surface area (Å²) in [7, 11) is -0.485. The van der Waals surface area contributed by atoms with E-state index in [4.69, 9.17) is 0 Å². The smallest absolute Gasteiger partial charge is 0.169 e. The van der Waals surface area contributed by atoms with E-state index in [1.54, 1.807) is 0 Å². The minimum Gasteiger partial charge on any atom is -0.299 e. The lowest BCUT2D eigenvalue weighted by molar-refractivity contribution is -0.815. The number of nitrogens with zero attached hydrogens (tertiary/aromatic N) is 1. The van der Waals surface area contributed by atoms with Crippen molar-refractivity contribution in [3.63, 3.8) is 0 Å². The molecule has 25 heavy (non-hydrogen) atoms. The van der Waals surface area contributed by atoms with Crippen molar-refractivity contribution in [3.05, 3.63) is 96.6 Å². The normalized spacial score (nSPS) is 11.6. The first-order valence-corrected chi connectivity index (χ1v) is 10.4. The van der Waals surface area contributed by atoms with Crippen molar-refractivity contribution in [2.45, 2.75) is 20.4 Å². The Bertz CT molecular complexity index is 712. The summed E-state index contributed by atoms with van der Waals surface area (Å²) in [6.45, 7) is 8.01. The zero-order chi connectivity index (χ0) is 17.5. The molecular formula is C23H27NP+. The zero-order valence-electron chi connectivity index (χ0n) is 15.2. The largest absolute Gasteiger partial charge is 0.299 e. The van der Waals surface area contributed by atoms with Crippen LogP contribution in [0.4, 0.5) is 0 Å². The predicted octanol–water partition coefficient (Wildman–Crippen LogP) is 5.09. The molecule has 128 valence electrons. The minimum atomic E-state index is -0.485. The quantitative estimate of drug-likeness (QED) is 0.522. The fourth-order valence-corrected chi connectivity index (χ4v) is 6.56. The summed E-state index contributed by atoms with van der Waals surface area (Å²) in [5, 5.41) is 2.92. The molecule has 1 nitrogen and oxygen atoms in total. The van der Waals surface area contributed by atoms with Crippen LogP contribution in [0, 0.1) is 0 Å². The molecule has 0 heterocycles. The molecule has 2 heteroatoms. The van der Waals surface area contributed by atoms with Gasteiger partial charge in [-0.05, 0) is 38.1 Å². The van der Waals surface area contributed by atoms with Gasteiger partial charge in [0.15, 0.2) is 8.07 Å². The van der Waals surface area contributed by atoms with Gasteiger partial charge in [0.25, 0.3) is 0 Å². The van der Waals surface area contributed by atoms with Gasteiger partial charge in [-0.1, -0.05) is 66.7 Å². The molecule has 0 aliphatic carbocycles. The van der Waals surface area contributed by atoms with E-state index in [1.807, 2.05) is 0 Å². The third kappa shape index (κ3) is 4.00. The van der Waals surface area contributed by atoms with Crippen LogP contribution in [0.2, 0.25) is 0 Å². The van der Waals surface area contributed by atoms with Crippen LogP contribution in [-0.4, -0.2) is 17.3 Å². The molecule has 3 aromatic carbocycles. The molecule has 0 fully saturated rings. The van der Waals surface area contributed by atoms with Crippen LogP contribution in [0.1, 0.15) is 19.4 Å². The topological polar surface area (TPSA) is 0 Å². The molecule has 3 rings (SSSR count). The van der Waals surface area contributed by atoms with E-state index in [0.29, 0.717) is 0 Å². The maximum Gasteiger partial charge on any atom is 0.169 e. The van der Waals surface area contributed by atoms with Gasteiger partial charge in [-0.2, -0.15) is 0 Å². The Kier molecular flexibility index (Phi) is 6.02. The Hall–Kier alpha value is -1.95. The highest BCUT2D eigenvalue weighted by atomic mass is 31.1. The molecule has 0 aliphatic heterocycles. The Morgan fingerprint density at radius 1 is 0.600 bits per heavy atom. The van der Waals surface area contributed by atoms with E-state index < -0.39 is 8.07 Å². The van der Waals surface area contributed by atoms with Gasteiger partial charge in [0.1, 0.15) is 6.54 Å². The van der Waals surface area contributed by atoms with Crippen LogP contribution in [0.25, 0.3) is 0 Å². The van der Waals surface area contributed by atoms with E-state index in [0.717, 1.165) is 23.9 Å². The number of hydrogen-bond donors (Lipinski definition) is 0. The predicted molar refractivity (Wildman–Crippen MR) is 111 cm³/mol. The summed E-state index contributed by atoms with van der Waals surface area (Å²) in [6, 6.07) is 33.1. The Balaban J connectivity index is 2.10. The zero-order valence-corrected chi connectivity index (χ0v) is 16.1. The van der Waals surface area contributed by atoms with E-state index in [9.17, 15) is 0 Å². The van der Waals surface area contributed by atoms with Crippen molar-refractivity contribution < 1.29 is 4.25 Å². The summed E-state index contributed by atoms with van der Waals surface area (Å²) < 4.78 is 1.09. The van der Waals surface area contributed by atoms with E-state index in [1.165, 1.54) is 16.2 Å². The summed E-state index contributed by atoms with van der Waals surface area (Å²) >= 11 is 0. The first kappa shape index (κ1) is 17.9. The lowest BCUT2D eigenvalue weighted by Gasteiger charge is -2.43. The maximum atomic E-state index is 2.34. The molecule has 0 radical (unpaired) electrons. The monoisotopic (exact) mass is 348 g/mol. The number of rotatable bonds is 7. The van der Waals surface area contributed by atoms with Crippen LogP contribution in [0.15, 0.2) is 91.0 Å². The summed E-state index contributed by atoms with van der Waals surface area (Å²) in [5.41, 5.74) is 1.42. The average Bonchev–Trinajstić information content (AvgIpc) is 2.70. The Labute approximate surface area is 153 Å². The highest BCUT2D eigenvalue weighted by molar-refractivity contribution is 7.67. The van der Waals surface area contributed by atoms with Crippen molar-refractivity contribution in [3.8, 4) is 0 Å². The maximum absolute atomic E-state index is 2.34. The Morgan fingerprint density at radius 3 is 1.40 bits per heavy atom. The standard InChI is InChI=1S/C23H27NP/c1-3-24(4-2,20-21-14-8-5-9-15-21)25(22-16-10-6-11-17-22)23-18-12-7-13-19-23/h5-19H,3-4,20H2,1-2H3/q+1. The molecule has 0 amide bonds. The fraction of sp³-hybridized carbons (Fsp3) is 0.217. The first-order chi connectivity index (χ1) is 12.3. The average molecular weight is 348 g/mol.